The zero-order valence-corrected chi connectivity index (χ0v) is 18.6. The van der Waals surface area contributed by atoms with Crippen LogP contribution in [0.1, 0.15) is 49.6 Å². The number of hydrogen-bond acceptors (Lipinski definition) is 4. The molecule has 6 heteroatoms. The highest BCUT2D eigenvalue weighted by atomic mass is 79.9. The molecule has 0 atom stereocenters. The number of nitrogens with zero attached hydrogens (tertiary/aromatic N) is 3. The van der Waals surface area contributed by atoms with Crippen molar-refractivity contribution < 1.29 is 4.42 Å². The van der Waals surface area contributed by atoms with Crippen molar-refractivity contribution in [3.63, 3.8) is 0 Å². The van der Waals surface area contributed by atoms with E-state index in [9.17, 15) is 4.79 Å². The molecular weight excluding hydrogens is 454 g/mol. The number of benzene rings is 2. The van der Waals surface area contributed by atoms with E-state index in [1.807, 2.05) is 60.7 Å². The van der Waals surface area contributed by atoms with Crippen molar-refractivity contribution in [1.29, 1.82) is 0 Å². The first-order valence-electron chi connectivity index (χ1n) is 10.6. The minimum atomic E-state index is -0.155. The van der Waals surface area contributed by atoms with Crippen LogP contribution < -0.4 is 5.56 Å². The van der Waals surface area contributed by atoms with Gasteiger partial charge in [-0.15, -0.1) is 0 Å². The molecule has 2 aromatic heterocycles. The summed E-state index contributed by atoms with van der Waals surface area (Å²) in [6.07, 6.45) is 7.21. The van der Waals surface area contributed by atoms with Gasteiger partial charge in [-0.3, -0.25) is 4.79 Å². The van der Waals surface area contributed by atoms with Crippen molar-refractivity contribution in [2.24, 2.45) is 5.10 Å². The first-order chi connectivity index (χ1) is 15.2. The number of rotatable bonds is 4. The van der Waals surface area contributed by atoms with Gasteiger partial charge >= 0.3 is 0 Å². The quantitative estimate of drug-likeness (QED) is 0.323. The summed E-state index contributed by atoms with van der Waals surface area (Å²) >= 11 is 3.46. The second-order valence-corrected chi connectivity index (χ2v) is 8.81. The van der Waals surface area contributed by atoms with Crippen molar-refractivity contribution >= 4 is 33.0 Å². The lowest BCUT2D eigenvalue weighted by molar-refractivity contribution is 0.416. The van der Waals surface area contributed by atoms with Crippen LogP contribution in [0.4, 0.5) is 0 Å². The van der Waals surface area contributed by atoms with Gasteiger partial charge in [0.25, 0.3) is 5.56 Å². The summed E-state index contributed by atoms with van der Waals surface area (Å²) in [4.78, 5) is 18.2. The molecule has 0 N–H and O–H groups in total. The fourth-order valence-electron chi connectivity index (χ4n) is 4.20. The highest BCUT2D eigenvalue weighted by Crippen LogP contribution is 2.32. The zero-order valence-electron chi connectivity index (χ0n) is 17.0. The van der Waals surface area contributed by atoms with Crippen LogP contribution in [0.15, 0.2) is 79.4 Å². The molecule has 156 valence electrons. The Bertz CT molecular complexity index is 1300. The van der Waals surface area contributed by atoms with Gasteiger partial charge in [-0.25, -0.2) is 4.98 Å². The Balaban J connectivity index is 1.57. The summed E-state index contributed by atoms with van der Waals surface area (Å²) in [5.74, 6) is 2.34. The van der Waals surface area contributed by atoms with Gasteiger partial charge in [0.15, 0.2) is 0 Å². The smallest absolute Gasteiger partial charge is 0.282 e. The van der Waals surface area contributed by atoms with Crippen molar-refractivity contribution in [1.82, 2.24) is 9.66 Å². The van der Waals surface area contributed by atoms with E-state index in [4.69, 9.17) is 9.40 Å². The SMILES string of the molecule is O=c1c2cc(Br)ccc2nc(C2CCCCC2)n1N=Cc1ccc(-c2ccccc2)o1. The van der Waals surface area contributed by atoms with Gasteiger partial charge in [-0.2, -0.15) is 9.78 Å². The zero-order chi connectivity index (χ0) is 21.2. The molecule has 0 aliphatic heterocycles. The average Bonchev–Trinajstić information content (AvgIpc) is 3.29. The molecule has 0 bridgehead atoms. The van der Waals surface area contributed by atoms with E-state index in [0.29, 0.717) is 16.7 Å². The summed E-state index contributed by atoms with van der Waals surface area (Å²) < 4.78 is 8.24. The predicted octanol–water partition coefficient (Wildman–Crippen LogP) is 6.35. The van der Waals surface area contributed by atoms with Crippen molar-refractivity contribution in [2.45, 2.75) is 38.0 Å². The van der Waals surface area contributed by atoms with Crippen LogP contribution in [0.3, 0.4) is 0 Å². The van der Waals surface area contributed by atoms with Gasteiger partial charge in [-0.05, 0) is 43.2 Å². The highest BCUT2D eigenvalue weighted by molar-refractivity contribution is 9.10. The Morgan fingerprint density at radius 1 is 1.03 bits per heavy atom. The molecule has 5 rings (SSSR count). The fraction of sp³-hybridized carbons (Fsp3) is 0.240. The Morgan fingerprint density at radius 3 is 2.65 bits per heavy atom. The monoisotopic (exact) mass is 475 g/mol. The van der Waals surface area contributed by atoms with Gasteiger partial charge in [0, 0.05) is 16.0 Å². The van der Waals surface area contributed by atoms with Crippen molar-refractivity contribution in [3.05, 3.63) is 87.1 Å². The molecule has 0 amide bonds. The van der Waals surface area contributed by atoms with Gasteiger partial charge < -0.3 is 4.42 Å². The molecule has 0 unspecified atom stereocenters. The summed E-state index contributed by atoms with van der Waals surface area (Å²) in [5.41, 5.74) is 1.56. The lowest BCUT2D eigenvalue weighted by atomic mass is 9.88. The minimum absolute atomic E-state index is 0.155. The van der Waals surface area contributed by atoms with Crippen molar-refractivity contribution in [3.8, 4) is 11.3 Å². The van der Waals surface area contributed by atoms with Gasteiger partial charge in [0.2, 0.25) is 0 Å². The number of hydrogen-bond donors (Lipinski definition) is 0. The van der Waals surface area contributed by atoms with E-state index in [1.165, 1.54) is 11.1 Å². The third-order valence-electron chi connectivity index (χ3n) is 5.79. The molecule has 1 aliphatic carbocycles. The van der Waals surface area contributed by atoms with Crippen LogP contribution in [0.5, 0.6) is 0 Å². The summed E-state index contributed by atoms with van der Waals surface area (Å²) in [6, 6.07) is 19.3. The van der Waals surface area contributed by atoms with E-state index in [0.717, 1.165) is 47.3 Å². The third kappa shape index (κ3) is 4.12. The highest BCUT2D eigenvalue weighted by Gasteiger charge is 2.22. The molecule has 1 saturated carbocycles. The fourth-order valence-corrected chi connectivity index (χ4v) is 4.56. The van der Waals surface area contributed by atoms with Crippen LogP contribution in [0.25, 0.3) is 22.2 Å². The van der Waals surface area contributed by atoms with Crippen LogP contribution >= 0.6 is 15.9 Å². The Kier molecular flexibility index (Phi) is 5.55. The lowest BCUT2D eigenvalue weighted by Crippen LogP contribution is -2.25. The van der Waals surface area contributed by atoms with Gasteiger partial charge in [0.1, 0.15) is 17.3 Å². The molecule has 0 spiro atoms. The second-order valence-electron chi connectivity index (χ2n) is 7.90. The molecule has 1 aliphatic rings. The van der Waals surface area contributed by atoms with E-state index in [2.05, 4.69) is 21.0 Å². The predicted molar refractivity (Wildman–Crippen MR) is 127 cm³/mol. The van der Waals surface area contributed by atoms with E-state index < -0.39 is 0 Å². The van der Waals surface area contributed by atoms with E-state index in [-0.39, 0.29) is 11.5 Å². The molecule has 31 heavy (non-hydrogen) atoms. The number of furan rings is 1. The first kappa shape index (κ1) is 19.9. The molecule has 2 aromatic carbocycles. The maximum atomic E-state index is 13.3. The molecule has 2 heterocycles. The van der Waals surface area contributed by atoms with E-state index in [1.54, 1.807) is 6.21 Å². The third-order valence-corrected chi connectivity index (χ3v) is 6.28. The average molecular weight is 476 g/mol. The van der Waals surface area contributed by atoms with Crippen LogP contribution in [-0.2, 0) is 0 Å². The molecule has 0 radical (unpaired) electrons. The number of fused-ring (bicyclic) bond motifs is 1. The maximum Gasteiger partial charge on any atom is 0.282 e. The van der Waals surface area contributed by atoms with Crippen LogP contribution in [-0.4, -0.2) is 15.9 Å². The first-order valence-corrected chi connectivity index (χ1v) is 11.4. The standard InChI is InChI=1S/C25H22BrN3O2/c26-19-11-13-22-21(15-19)25(30)29(24(28-22)18-9-5-2-6-10-18)27-16-20-12-14-23(31-20)17-7-3-1-4-8-17/h1,3-4,7-8,11-16,18H,2,5-6,9-10H2. The summed E-state index contributed by atoms with van der Waals surface area (Å²) in [5, 5.41) is 5.10. The normalized spacial score (nSPS) is 15.1. The summed E-state index contributed by atoms with van der Waals surface area (Å²) in [7, 11) is 0. The molecule has 5 nitrogen and oxygen atoms in total. The molecule has 1 fully saturated rings. The second kappa shape index (κ2) is 8.63. The molecular formula is C25H22BrN3O2. The minimum Gasteiger partial charge on any atom is -0.455 e. The van der Waals surface area contributed by atoms with Gasteiger partial charge in [-0.1, -0.05) is 65.5 Å². The Morgan fingerprint density at radius 2 is 1.84 bits per heavy atom. The summed E-state index contributed by atoms with van der Waals surface area (Å²) in [6.45, 7) is 0. The number of aromatic nitrogens is 2. The molecule has 4 aromatic rings. The number of halogens is 1. The van der Waals surface area contributed by atoms with Crippen LogP contribution in [0, 0.1) is 0 Å². The molecule has 0 saturated heterocycles. The Labute approximate surface area is 188 Å². The van der Waals surface area contributed by atoms with Gasteiger partial charge in [0.05, 0.1) is 17.1 Å². The van der Waals surface area contributed by atoms with Crippen LogP contribution in [0.2, 0.25) is 0 Å². The van der Waals surface area contributed by atoms with E-state index >= 15 is 0 Å². The topological polar surface area (TPSA) is 60.4 Å². The maximum absolute atomic E-state index is 13.3. The lowest BCUT2D eigenvalue weighted by Gasteiger charge is -2.22. The largest absolute Gasteiger partial charge is 0.455 e. The Hall–Kier alpha value is -2.99. The van der Waals surface area contributed by atoms with Crippen molar-refractivity contribution in [2.75, 3.05) is 0 Å².